The van der Waals surface area contributed by atoms with Crippen molar-refractivity contribution in [3.8, 4) is 11.5 Å². The second-order valence-electron chi connectivity index (χ2n) is 3.42. The first kappa shape index (κ1) is 11.3. The standard InChI is InChI=1S/C12H14N2O3/c1-15-10-3-9(4-11(5-10)16-2)14-7-12-6-13-8-17-12/h3-6,8,14H,7H2,1-2H3. The minimum absolute atomic E-state index is 0.566. The second kappa shape index (κ2) is 5.25. The Morgan fingerprint density at radius 3 is 2.41 bits per heavy atom. The van der Waals surface area contributed by atoms with Crippen molar-refractivity contribution in [1.29, 1.82) is 0 Å². The zero-order chi connectivity index (χ0) is 12.1. The average molecular weight is 234 g/mol. The maximum Gasteiger partial charge on any atom is 0.180 e. The summed E-state index contributed by atoms with van der Waals surface area (Å²) in [5, 5.41) is 3.20. The minimum atomic E-state index is 0.566. The Kier molecular flexibility index (Phi) is 3.49. The summed E-state index contributed by atoms with van der Waals surface area (Å²) in [6, 6.07) is 5.59. The predicted octanol–water partition coefficient (Wildman–Crippen LogP) is 2.30. The van der Waals surface area contributed by atoms with E-state index in [-0.39, 0.29) is 0 Å². The van der Waals surface area contributed by atoms with Crippen molar-refractivity contribution in [1.82, 2.24) is 4.98 Å². The van der Waals surface area contributed by atoms with Crippen LogP contribution in [0.3, 0.4) is 0 Å². The van der Waals surface area contributed by atoms with Gasteiger partial charge in [0.25, 0.3) is 0 Å². The van der Waals surface area contributed by atoms with E-state index >= 15 is 0 Å². The molecule has 2 rings (SSSR count). The molecule has 90 valence electrons. The number of oxazole rings is 1. The number of benzene rings is 1. The highest BCUT2D eigenvalue weighted by molar-refractivity contribution is 5.53. The molecule has 0 atom stereocenters. The highest BCUT2D eigenvalue weighted by Gasteiger charge is 2.02. The van der Waals surface area contributed by atoms with Gasteiger partial charge in [-0.3, -0.25) is 0 Å². The Hall–Kier alpha value is -2.17. The van der Waals surface area contributed by atoms with E-state index in [1.807, 2.05) is 18.2 Å². The maximum absolute atomic E-state index is 5.18. The lowest BCUT2D eigenvalue weighted by molar-refractivity contribution is 0.394. The number of hydrogen-bond acceptors (Lipinski definition) is 5. The molecule has 0 fully saturated rings. The SMILES string of the molecule is COc1cc(NCc2cnco2)cc(OC)c1. The first-order valence-electron chi connectivity index (χ1n) is 5.16. The van der Waals surface area contributed by atoms with E-state index in [4.69, 9.17) is 13.9 Å². The van der Waals surface area contributed by atoms with Crippen molar-refractivity contribution >= 4 is 5.69 Å². The van der Waals surface area contributed by atoms with Gasteiger partial charge in [-0.15, -0.1) is 0 Å². The van der Waals surface area contributed by atoms with Gasteiger partial charge in [-0.2, -0.15) is 0 Å². The quantitative estimate of drug-likeness (QED) is 0.860. The molecular weight excluding hydrogens is 220 g/mol. The van der Waals surface area contributed by atoms with Crippen molar-refractivity contribution in [3.05, 3.63) is 36.5 Å². The van der Waals surface area contributed by atoms with Crippen LogP contribution in [0.4, 0.5) is 5.69 Å². The number of hydrogen-bond donors (Lipinski definition) is 1. The fourth-order valence-corrected chi connectivity index (χ4v) is 1.43. The summed E-state index contributed by atoms with van der Waals surface area (Å²) in [4.78, 5) is 3.85. The highest BCUT2D eigenvalue weighted by Crippen LogP contribution is 2.25. The van der Waals surface area contributed by atoms with Gasteiger partial charge in [-0.05, 0) is 0 Å². The van der Waals surface area contributed by atoms with E-state index in [2.05, 4.69) is 10.3 Å². The Morgan fingerprint density at radius 1 is 1.18 bits per heavy atom. The van der Waals surface area contributed by atoms with Gasteiger partial charge in [0.2, 0.25) is 0 Å². The fraction of sp³-hybridized carbons (Fsp3) is 0.250. The first-order valence-corrected chi connectivity index (χ1v) is 5.16. The summed E-state index contributed by atoms with van der Waals surface area (Å²) in [5.74, 6) is 2.25. The largest absolute Gasteiger partial charge is 0.497 e. The van der Waals surface area contributed by atoms with Crippen LogP contribution in [-0.4, -0.2) is 19.2 Å². The summed E-state index contributed by atoms with van der Waals surface area (Å²) >= 11 is 0. The van der Waals surface area contributed by atoms with E-state index < -0.39 is 0 Å². The molecule has 0 saturated carbocycles. The molecule has 1 aromatic carbocycles. The molecule has 0 unspecified atom stereocenters. The molecule has 0 spiro atoms. The maximum atomic E-state index is 5.18. The van der Waals surface area contributed by atoms with Gasteiger partial charge in [0.15, 0.2) is 6.39 Å². The van der Waals surface area contributed by atoms with E-state index in [1.165, 1.54) is 6.39 Å². The number of methoxy groups -OCH3 is 2. The van der Waals surface area contributed by atoms with Crippen LogP contribution in [0, 0.1) is 0 Å². The van der Waals surface area contributed by atoms with Crippen molar-refractivity contribution in [3.63, 3.8) is 0 Å². The highest BCUT2D eigenvalue weighted by atomic mass is 16.5. The van der Waals surface area contributed by atoms with Gasteiger partial charge in [0.05, 0.1) is 27.0 Å². The molecule has 2 aromatic rings. The lowest BCUT2D eigenvalue weighted by Gasteiger charge is -2.09. The van der Waals surface area contributed by atoms with Crippen LogP contribution < -0.4 is 14.8 Å². The van der Waals surface area contributed by atoms with Gasteiger partial charge >= 0.3 is 0 Å². The van der Waals surface area contributed by atoms with Crippen LogP contribution in [0.25, 0.3) is 0 Å². The summed E-state index contributed by atoms with van der Waals surface area (Å²) in [7, 11) is 3.24. The topological polar surface area (TPSA) is 56.5 Å². The molecule has 0 aliphatic heterocycles. The monoisotopic (exact) mass is 234 g/mol. The third-order valence-electron chi connectivity index (χ3n) is 2.30. The Bertz CT molecular complexity index is 446. The molecule has 0 bridgehead atoms. The Labute approximate surface area is 99.4 Å². The molecule has 1 heterocycles. The second-order valence-corrected chi connectivity index (χ2v) is 3.42. The van der Waals surface area contributed by atoms with Crippen LogP contribution in [0.5, 0.6) is 11.5 Å². The zero-order valence-electron chi connectivity index (χ0n) is 9.77. The fourth-order valence-electron chi connectivity index (χ4n) is 1.43. The van der Waals surface area contributed by atoms with Crippen molar-refractivity contribution in [2.24, 2.45) is 0 Å². The molecule has 0 aliphatic rings. The third kappa shape index (κ3) is 2.90. The predicted molar refractivity (Wildman–Crippen MR) is 63.4 cm³/mol. The number of ether oxygens (including phenoxy) is 2. The number of nitrogens with one attached hydrogen (secondary N) is 1. The van der Waals surface area contributed by atoms with Crippen molar-refractivity contribution in [2.75, 3.05) is 19.5 Å². The van der Waals surface area contributed by atoms with E-state index in [1.54, 1.807) is 20.4 Å². The van der Waals surface area contributed by atoms with Crippen molar-refractivity contribution < 1.29 is 13.9 Å². The van der Waals surface area contributed by atoms with E-state index in [0.717, 1.165) is 22.9 Å². The molecule has 0 saturated heterocycles. The number of nitrogens with zero attached hydrogens (tertiary/aromatic N) is 1. The molecule has 5 heteroatoms. The molecule has 0 aliphatic carbocycles. The van der Waals surface area contributed by atoms with Crippen molar-refractivity contribution in [2.45, 2.75) is 6.54 Å². The van der Waals surface area contributed by atoms with Gasteiger partial charge in [0, 0.05) is 23.9 Å². The molecule has 0 amide bonds. The zero-order valence-corrected chi connectivity index (χ0v) is 9.77. The molecule has 1 N–H and O–H groups in total. The molecular formula is C12H14N2O3. The van der Waals surface area contributed by atoms with E-state index in [9.17, 15) is 0 Å². The van der Waals surface area contributed by atoms with Crippen LogP contribution in [0.2, 0.25) is 0 Å². The molecule has 5 nitrogen and oxygen atoms in total. The minimum Gasteiger partial charge on any atom is -0.497 e. The normalized spacial score (nSPS) is 10.0. The molecule has 17 heavy (non-hydrogen) atoms. The van der Waals surface area contributed by atoms with Crippen LogP contribution in [-0.2, 0) is 6.54 Å². The van der Waals surface area contributed by atoms with E-state index in [0.29, 0.717) is 6.54 Å². The first-order chi connectivity index (χ1) is 8.31. The molecule has 0 radical (unpaired) electrons. The Balaban J connectivity index is 2.09. The summed E-state index contributed by atoms with van der Waals surface area (Å²) in [6.45, 7) is 0.566. The van der Waals surface area contributed by atoms with Crippen LogP contribution in [0.1, 0.15) is 5.76 Å². The lowest BCUT2D eigenvalue weighted by Crippen LogP contribution is -1.99. The van der Waals surface area contributed by atoms with Crippen LogP contribution in [0.15, 0.2) is 35.2 Å². The van der Waals surface area contributed by atoms with Gasteiger partial charge in [-0.25, -0.2) is 4.98 Å². The summed E-state index contributed by atoms with van der Waals surface area (Å²) < 4.78 is 15.5. The molecule has 1 aromatic heterocycles. The van der Waals surface area contributed by atoms with Gasteiger partial charge in [-0.1, -0.05) is 0 Å². The summed E-state index contributed by atoms with van der Waals surface area (Å²) in [5.41, 5.74) is 0.901. The average Bonchev–Trinajstić information content (AvgIpc) is 2.89. The number of anilines is 1. The third-order valence-corrected chi connectivity index (χ3v) is 2.30. The number of rotatable bonds is 5. The Morgan fingerprint density at radius 2 is 1.88 bits per heavy atom. The number of aromatic nitrogens is 1. The smallest absolute Gasteiger partial charge is 0.180 e. The van der Waals surface area contributed by atoms with Crippen LogP contribution >= 0.6 is 0 Å². The van der Waals surface area contributed by atoms with Gasteiger partial charge in [0.1, 0.15) is 17.3 Å². The summed E-state index contributed by atoms with van der Waals surface area (Å²) in [6.07, 6.45) is 3.08. The van der Waals surface area contributed by atoms with Gasteiger partial charge < -0.3 is 19.2 Å². The lowest BCUT2D eigenvalue weighted by atomic mass is 10.2.